The molecule has 1 saturated heterocycles. The fourth-order valence-corrected chi connectivity index (χ4v) is 3.20. The fraction of sp³-hybridized carbons (Fsp3) is 0.600. The van der Waals surface area contributed by atoms with Gasteiger partial charge >= 0.3 is 0 Å². The van der Waals surface area contributed by atoms with Crippen molar-refractivity contribution in [3.05, 3.63) is 0 Å². The van der Waals surface area contributed by atoms with E-state index in [1.54, 1.807) is 4.90 Å². The van der Waals surface area contributed by atoms with Gasteiger partial charge in [-0.05, 0) is 0 Å². The number of amides is 2. The summed E-state index contributed by atoms with van der Waals surface area (Å²) in [5.74, 6) is 0.219. The van der Waals surface area contributed by atoms with Gasteiger partial charge in [-0.1, -0.05) is 23.1 Å². The molecule has 1 N–H and O–H groups in total. The lowest BCUT2D eigenvalue weighted by molar-refractivity contribution is -0.132. The van der Waals surface area contributed by atoms with E-state index >= 15 is 0 Å². The Bertz CT molecular complexity index is 459. The first-order valence-corrected chi connectivity index (χ1v) is 7.55. The topological polar surface area (TPSA) is 84.4 Å². The summed E-state index contributed by atoms with van der Waals surface area (Å²) >= 11 is 2.59. The van der Waals surface area contributed by atoms with Crippen molar-refractivity contribution in [2.45, 2.75) is 11.3 Å². The molecule has 0 saturated carbocycles. The molecule has 0 radical (unpaired) electrons. The fourth-order valence-electron chi connectivity index (χ4n) is 1.50. The summed E-state index contributed by atoms with van der Waals surface area (Å²) in [6, 6.07) is 0. The van der Waals surface area contributed by atoms with E-state index in [4.69, 9.17) is 4.74 Å². The Hall–Kier alpha value is -1.19. The zero-order valence-electron chi connectivity index (χ0n) is 10.4. The molecule has 0 unspecified atom stereocenters. The van der Waals surface area contributed by atoms with Crippen molar-refractivity contribution in [3.63, 3.8) is 0 Å². The molecule has 0 aliphatic carbocycles. The highest BCUT2D eigenvalue weighted by molar-refractivity contribution is 8.01. The van der Waals surface area contributed by atoms with Crippen molar-refractivity contribution in [2.24, 2.45) is 0 Å². The Kier molecular flexibility index (Phi) is 5.11. The minimum Gasteiger partial charge on any atom is -0.378 e. The molecule has 1 aromatic heterocycles. The lowest BCUT2D eigenvalue weighted by Gasteiger charge is -2.26. The first-order valence-electron chi connectivity index (χ1n) is 5.74. The molecule has 1 aliphatic heterocycles. The normalized spacial score (nSPS) is 15.3. The van der Waals surface area contributed by atoms with E-state index in [1.807, 2.05) is 0 Å². The zero-order chi connectivity index (χ0) is 13.7. The standard InChI is InChI=1S/C10H14N4O3S2/c1-7(15)11-9-12-13-10(19-9)18-6-8(16)14-2-4-17-5-3-14/h2-6H2,1H3,(H,11,12,15). The molecule has 0 spiro atoms. The van der Waals surface area contributed by atoms with Crippen LogP contribution in [-0.2, 0) is 14.3 Å². The number of morpholine rings is 1. The van der Waals surface area contributed by atoms with Crippen molar-refractivity contribution >= 4 is 40.0 Å². The van der Waals surface area contributed by atoms with Gasteiger partial charge in [-0.15, -0.1) is 10.2 Å². The predicted molar refractivity (Wildman–Crippen MR) is 72.3 cm³/mol. The summed E-state index contributed by atoms with van der Waals surface area (Å²) in [5, 5.41) is 10.7. The van der Waals surface area contributed by atoms with E-state index in [0.29, 0.717) is 41.5 Å². The van der Waals surface area contributed by atoms with Crippen molar-refractivity contribution in [3.8, 4) is 0 Å². The molecule has 0 atom stereocenters. The number of aromatic nitrogens is 2. The predicted octanol–water partition coefficient (Wildman–Crippen LogP) is 0.447. The SMILES string of the molecule is CC(=O)Nc1nnc(SCC(=O)N2CCOCC2)s1. The summed E-state index contributed by atoms with van der Waals surface area (Å²) in [7, 11) is 0. The van der Waals surface area contributed by atoms with Crippen LogP contribution in [-0.4, -0.2) is 59.0 Å². The number of thioether (sulfide) groups is 1. The third kappa shape index (κ3) is 4.44. The Balaban J connectivity index is 1.79. The number of hydrogen-bond donors (Lipinski definition) is 1. The molecule has 7 nitrogen and oxygen atoms in total. The second-order valence-corrected chi connectivity index (χ2v) is 6.04. The Labute approximate surface area is 118 Å². The van der Waals surface area contributed by atoms with Crippen molar-refractivity contribution < 1.29 is 14.3 Å². The maximum Gasteiger partial charge on any atom is 0.233 e. The average molecular weight is 302 g/mol. The molecule has 2 rings (SSSR count). The molecular weight excluding hydrogens is 288 g/mol. The summed E-state index contributed by atoms with van der Waals surface area (Å²) in [4.78, 5) is 24.5. The lowest BCUT2D eigenvalue weighted by atomic mass is 10.4. The minimum absolute atomic E-state index is 0.0737. The summed E-state index contributed by atoms with van der Waals surface area (Å²) in [6.45, 7) is 3.90. The molecule has 1 aromatic rings. The monoisotopic (exact) mass is 302 g/mol. The number of carbonyl (C=O) groups is 2. The van der Waals surface area contributed by atoms with Crippen LogP contribution in [0.5, 0.6) is 0 Å². The maximum absolute atomic E-state index is 11.9. The molecular formula is C10H14N4O3S2. The van der Waals surface area contributed by atoms with Gasteiger partial charge in [0.15, 0.2) is 4.34 Å². The van der Waals surface area contributed by atoms with E-state index in [0.717, 1.165) is 0 Å². The molecule has 19 heavy (non-hydrogen) atoms. The van der Waals surface area contributed by atoms with Crippen LogP contribution in [0.15, 0.2) is 4.34 Å². The van der Waals surface area contributed by atoms with Crippen LogP contribution in [0.3, 0.4) is 0 Å². The molecule has 0 aromatic carbocycles. The molecule has 2 heterocycles. The highest BCUT2D eigenvalue weighted by Gasteiger charge is 2.17. The summed E-state index contributed by atoms with van der Waals surface area (Å²) < 4.78 is 5.86. The second-order valence-electron chi connectivity index (χ2n) is 3.84. The number of ether oxygens (including phenoxy) is 1. The second kappa shape index (κ2) is 6.83. The van der Waals surface area contributed by atoms with Gasteiger partial charge in [-0.3, -0.25) is 9.59 Å². The highest BCUT2D eigenvalue weighted by Crippen LogP contribution is 2.25. The van der Waals surface area contributed by atoms with Crippen LogP contribution in [0.2, 0.25) is 0 Å². The molecule has 9 heteroatoms. The van der Waals surface area contributed by atoms with E-state index < -0.39 is 0 Å². The van der Waals surface area contributed by atoms with Crippen molar-refractivity contribution in [1.82, 2.24) is 15.1 Å². The summed E-state index contributed by atoms with van der Waals surface area (Å²) in [6.07, 6.45) is 0. The molecule has 0 bridgehead atoms. The van der Waals surface area contributed by atoms with Gasteiger partial charge in [0.2, 0.25) is 16.9 Å². The van der Waals surface area contributed by atoms with Crippen LogP contribution in [0.1, 0.15) is 6.92 Å². The van der Waals surface area contributed by atoms with Crippen molar-refractivity contribution in [2.75, 3.05) is 37.4 Å². The third-order valence-electron chi connectivity index (χ3n) is 2.37. The quantitative estimate of drug-likeness (QED) is 0.642. The van der Waals surface area contributed by atoms with Crippen LogP contribution in [0.4, 0.5) is 5.13 Å². The van der Waals surface area contributed by atoms with E-state index in [1.165, 1.54) is 30.0 Å². The smallest absolute Gasteiger partial charge is 0.233 e. The number of anilines is 1. The van der Waals surface area contributed by atoms with Gasteiger partial charge < -0.3 is 15.0 Å². The maximum atomic E-state index is 11.9. The Morgan fingerprint density at radius 3 is 2.84 bits per heavy atom. The Morgan fingerprint density at radius 2 is 2.16 bits per heavy atom. The number of rotatable bonds is 4. The van der Waals surface area contributed by atoms with Crippen LogP contribution >= 0.6 is 23.1 Å². The number of hydrogen-bond acceptors (Lipinski definition) is 7. The van der Waals surface area contributed by atoms with Gasteiger partial charge in [-0.25, -0.2) is 0 Å². The van der Waals surface area contributed by atoms with Gasteiger partial charge in [0.05, 0.1) is 19.0 Å². The van der Waals surface area contributed by atoms with Crippen LogP contribution < -0.4 is 5.32 Å². The van der Waals surface area contributed by atoms with Gasteiger partial charge in [0.25, 0.3) is 0 Å². The van der Waals surface area contributed by atoms with Crippen LogP contribution in [0, 0.1) is 0 Å². The lowest BCUT2D eigenvalue weighted by Crippen LogP contribution is -2.41. The third-order valence-corrected chi connectivity index (χ3v) is 4.33. The van der Waals surface area contributed by atoms with E-state index in [2.05, 4.69) is 15.5 Å². The van der Waals surface area contributed by atoms with Gasteiger partial charge in [0.1, 0.15) is 0 Å². The number of carbonyl (C=O) groups excluding carboxylic acids is 2. The molecule has 1 aliphatic rings. The largest absolute Gasteiger partial charge is 0.378 e. The molecule has 2 amide bonds. The van der Waals surface area contributed by atoms with E-state index in [-0.39, 0.29) is 11.8 Å². The first kappa shape index (κ1) is 14.2. The van der Waals surface area contributed by atoms with Crippen molar-refractivity contribution in [1.29, 1.82) is 0 Å². The number of nitrogens with one attached hydrogen (secondary N) is 1. The molecule has 104 valence electrons. The zero-order valence-corrected chi connectivity index (χ0v) is 12.1. The Morgan fingerprint density at radius 1 is 1.42 bits per heavy atom. The van der Waals surface area contributed by atoms with Gasteiger partial charge in [0, 0.05) is 20.0 Å². The van der Waals surface area contributed by atoms with E-state index in [9.17, 15) is 9.59 Å². The average Bonchev–Trinajstić information content (AvgIpc) is 2.84. The molecule has 1 fully saturated rings. The first-order chi connectivity index (χ1) is 9.15. The number of nitrogens with zero attached hydrogens (tertiary/aromatic N) is 3. The highest BCUT2D eigenvalue weighted by atomic mass is 32.2. The summed E-state index contributed by atoms with van der Waals surface area (Å²) in [5.41, 5.74) is 0. The van der Waals surface area contributed by atoms with Gasteiger partial charge in [-0.2, -0.15) is 0 Å². The van der Waals surface area contributed by atoms with Crippen LogP contribution in [0.25, 0.3) is 0 Å². The minimum atomic E-state index is -0.183.